The molecule has 1 atom stereocenters. The quantitative estimate of drug-likeness (QED) is 0.819. The van der Waals surface area contributed by atoms with Gasteiger partial charge in [0.2, 0.25) is 0 Å². The molecule has 3 heteroatoms. The zero-order valence-electron chi connectivity index (χ0n) is 9.32. The van der Waals surface area contributed by atoms with Crippen LogP contribution in [0.2, 0.25) is 0 Å². The Morgan fingerprint density at radius 1 is 1.25 bits per heavy atom. The van der Waals surface area contributed by atoms with Crippen molar-refractivity contribution in [3.63, 3.8) is 0 Å². The van der Waals surface area contributed by atoms with Gasteiger partial charge in [-0.1, -0.05) is 18.2 Å². The summed E-state index contributed by atoms with van der Waals surface area (Å²) in [6.07, 6.45) is 2.65. The molecule has 1 heterocycles. The number of nitrogens with zero attached hydrogens (tertiary/aromatic N) is 1. The summed E-state index contributed by atoms with van der Waals surface area (Å²) in [4.78, 5) is 2.49. The van der Waals surface area contributed by atoms with Gasteiger partial charge in [-0.3, -0.25) is 4.90 Å². The Kier molecular flexibility index (Phi) is 2.65. The van der Waals surface area contributed by atoms with Gasteiger partial charge in [0.15, 0.2) is 0 Å². The molecule has 1 N–H and O–H groups in total. The molecule has 1 saturated heterocycles. The summed E-state index contributed by atoms with van der Waals surface area (Å²) < 4.78 is 13.7. The fourth-order valence-electron chi connectivity index (χ4n) is 2.51. The minimum Gasteiger partial charge on any atom is -0.307 e. The third-order valence-corrected chi connectivity index (χ3v) is 3.55. The van der Waals surface area contributed by atoms with Gasteiger partial charge in [-0.25, -0.2) is 4.39 Å². The second kappa shape index (κ2) is 4.15. The second-order valence-electron chi connectivity index (χ2n) is 4.75. The number of hydrogen-bond donors (Lipinski definition) is 1. The molecule has 1 aliphatic carbocycles. The number of benzene rings is 1. The van der Waals surface area contributed by atoms with Crippen molar-refractivity contribution in [3.8, 4) is 0 Å². The molecule has 1 aromatic rings. The zero-order valence-corrected chi connectivity index (χ0v) is 9.32. The highest BCUT2D eigenvalue weighted by atomic mass is 19.1. The molecule has 0 radical (unpaired) electrons. The molecule has 1 aromatic carbocycles. The van der Waals surface area contributed by atoms with Crippen LogP contribution in [-0.2, 0) is 0 Å². The maximum atomic E-state index is 13.7. The summed E-state index contributed by atoms with van der Waals surface area (Å²) in [6, 6.07) is 8.04. The first kappa shape index (κ1) is 10.2. The van der Waals surface area contributed by atoms with Gasteiger partial charge in [0, 0.05) is 37.3 Å². The van der Waals surface area contributed by atoms with Gasteiger partial charge in [-0.2, -0.15) is 0 Å². The van der Waals surface area contributed by atoms with Crippen LogP contribution >= 0.6 is 0 Å². The topological polar surface area (TPSA) is 15.3 Å². The molecule has 86 valence electrons. The highest BCUT2D eigenvalue weighted by molar-refractivity contribution is 5.22. The molecule has 0 amide bonds. The number of rotatable bonds is 2. The van der Waals surface area contributed by atoms with E-state index in [0.29, 0.717) is 0 Å². The first-order valence-electron chi connectivity index (χ1n) is 6.06. The Hall–Kier alpha value is -0.930. The molecular formula is C13H17FN2. The average Bonchev–Trinajstić information content (AvgIpc) is 3.14. The van der Waals surface area contributed by atoms with Crippen LogP contribution in [0.1, 0.15) is 24.4 Å². The van der Waals surface area contributed by atoms with Gasteiger partial charge >= 0.3 is 0 Å². The molecule has 2 fully saturated rings. The molecule has 1 saturated carbocycles. The lowest BCUT2D eigenvalue weighted by molar-refractivity contribution is 0.190. The van der Waals surface area contributed by atoms with Gasteiger partial charge < -0.3 is 5.32 Å². The highest BCUT2D eigenvalue weighted by Gasteiger charge is 2.33. The van der Waals surface area contributed by atoms with Crippen molar-refractivity contribution in [2.24, 2.45) is 0 Å². The highest BCUT2D eigenvalue weighted by Crippen LogP contribution is 2.30. The Bertz CT molecular complexity index is 376. The molecular weight excluding hydrogens is 203 g/mol. The summed E-state index contributed by atoms with van der Waals surface area (Å²) in [5.41, 5.74) is 0.813. The number of hydrogen-bond acceptors (Lipinski definition) is 2. The normalized spacial score (nSPS) is 26.9. The second-order valence-corrected chi connectivity index (χ2v) is 4.75. The number of piperazine rings is 1. The van der Waals surface area contributed by atoms with Crippen LogP contribution < -0.4 is 5.32 Å². The molecule has 1 unspecified atom stereocenters. The fraction of sp³-hybridized carbons (Fsp3) is 0.538. The summed E-state index contributed by atoms with van der Waals surface area (Å²) in [7, 11) is 0. The van der Waals surface area contributed by atoms with Crippen molar-refractivity contribution in [2.45, 2.75) is 24.9 Å². The van der Waals surface area contributed by atoms with Crippen LogP contribution in [0.15, 0.2) is 24.3 Å². The van der Waals surface area contributed by atoms with Gasteiger partial charge in [-0.15, -0.1) is 0 Å². The summed E-state index contributed by atoms with van der Waals surface area (Å²) >= 11 is 0. The summed E-state index contributed by atoms with van der Waals surface area (Å²) in [5, 5.41) is 3.41. The average molecular weight is 220 g/mol. The lowest BCUT2D eigenvalue weighted by atomic mass is 10.0. The van der Waals surface area contributed by atoms with Crippen molar-refractivity contribution in [2.75, 3.05) is 19.6 Å². The van der Waals surface area contributed by atoms with E-state index >= 15 is 0 Å². The van der Waals surface area contributed by atoms with E-state index in [1.165, 1.54) is 12.8 Å². The van der Waals surface area contributed by atoms with Crippen molar-refractivity contribution >= 4 is 0 Å². The van der Waals surface area contributed by atoms with E-state index in [2.05, 4.69) is 10.2 Å². The lowest BCUT2D eigenvalue weighted by Crippen LogP contribution is -2.46. The lowest BCUT2D eigenvalue weighted by Gasteiger charge is -2.34. The monoisotopic (exact) mass is 220 g/mol. The molecule has 1 aliphatic heterocycles. The van der Waals surface area contributed by atoms with Crippen LogP contribution in [0.25, 0.3) is 0 Å². The van der Waals surface area contributed by atoms with Gasteiger partial charge in [0.1, 0.15) is 5.82 Å². The summed E-state index contributed by atoms with van der Waals surface area (Å²) in [6.45, 7) is 3.02. The smallest absolute Gasteiger partial charge is 0.128 e. The van der Waals surface area contributed by atoms with Crippen molar-refractivity contribution in [1.29, 1.82) is 0 Å². The SMILES string of the molecule is Fc1ccccc1C1CN(C2CC2)CCN1. The maximum Gasteiger partial charge on any atom is 0.128 e. The van der Waals surface area contributed by atoms with E-state index < -0.39 is 0 Å². The van der Waals surface area contributed by atoms with E-state index in [9.17, 15) is 4.39 Å². The van der Waals surface area contributed by atoms with Crippen LogP contribution in [0.4, 0.5) is 4.39 Å². The van der Waals surface area contributed by atoms with Crippen molar-refractivity contribution in [1.82, 2.24) is 10.2 Å². The van der Waals surface area contributed by atoms with Gasteiger partial charge in [-0.05, 0) is 18.9 Å². The van der Waals surface area contributed by atoms with Crippen molar-refractivity contribution in [3.05, 3.63) is 35.6 Å². The molecule has 16 heavy (non-hydrogen) atoms. The molecule has 2 nitrogen and oxygen atoms in total. The Balaban J connectivity index is 1.76. The van der Waals surface area contributed by atoms with E-state index in [-0.39, 0.29) is 11.9 Å². The molecule has 0 spiro atoms. The predicted molar refractivity (Wildman–Crippen MR) is 61.7 cm³/mol. The minimum atomic E-state index is -0.0855. The van der Waals surface area contributed by atoms with Crippen LogP contribution in [-0.4, -0.2) is 30.6 Å². The van der Waals surface area contributed by atoms with E-state index in [0.717, 1.165) is 31.2 Å². The predicted octanol–water partition coefficient (Wildman–Crippen LogP) is 1.93. The third-order valence-electron chi connectivity index (χ3n) is 3.55. The van der Waals surface area contributed by atoms with Crippen molar-refractivity contribution < 1.29 is 4.39 Å². The largest absolute Gasteiger partial charge is 0.307 e. The van der Waals surface area contributed by atoms with E-state index in [1.807, 2.05) is 12.1 Å². The summed E-state index contributed by atoms with van der Waals surface area (Å²) in [5.74, 6) is -0.0855. The molecule has 3 rings (SSSR count). The van der Waals surface area contributed by atoms with Crippen LogP contribution in [0.5, 0.6) is 0 Å². The Morgan fingerprint density at radius 3 is 2.81 bits per heavy atom. The fourth-order valence-corrected chi connectivity index (χ4v) is 2.51. The Morgan fingerprint density at radius 2 is 2.06 bits per heavy atom. The van der Waals surface area contributed by atoms with Crippen LogP contribution in [0, 0.1) is 5.82 Å². The van der Waals surface area contributed by atoms with Crippen LogP contribution in [0.3, 0.4) is 0 Å². The molecule has 2 aliphatic rings. The third kappa shape index (κ3) is 1.97. The van der Waals surface area contributed by atoms with E-state index in [4.69, 9.17) is 0 Å². The zero-order chi connectivity index (χ0) is 11.0. The Labute approximate surface area is 95.4 Å². The van der Waals surface area contributed by atoms with E-state index in [1.54, 1.807) is 12.1 Å². The minimum absolute atomic E-state index is 0.0855. The number of halogens is 1. The standard InChI is InChI=1S/C13H17FN2/c14-12-4-2-1-3-11(12)13-9-16(8-7-15-13)10-5-6-10/h1-4,10,13,15H,5-9H2. The molecule has 0 aromatic heterocycles. The first-order valence-corrected chi connectivity index (χ1v) is 6.06. The number of nitrogens with one attached hydrogen (secondary N) is 1. The maximum absolute atomic E-state index is 13.7. The van der Waals surface area contributed by atoms with Gasteiger partial charge in [0.05, 0.1) is 0 Å². The van der Waals surface area contributed by atoms with Gasteiger partial charge in [0.25, 0.3) is 0 Å². The molecule has 0 bridgehead atoms. The first-order chi connectivity index (χ1) is 7.84.